The van der Waals surface area contributed by atoms with Crippen LogP contribution in [0.1, 0.15) is 19.8 Å². The topological polar surface area (TPSA) is 87.5 Å². The predicted octanol–water partition coefficient (Wildman–Crippen LogP) is 2.25. The van der Waals surface area contributed by atoms with Gasteiger partial charge in [0.1, 0.15) is 0 Å². The molecule has 1 fully saturated rings. The lowest BCUT2D eigenvalue weighted by atomic mass is 10.0. The molecule has 0 atom stereocenters. The SMILES string of the molecule is CC(=O)Nc1ccc(NC2CCN(C(N)=O)CC2)cc1Cl. The molecular weight excluding hydrogens is 292 g/mol. The summed E-state index contributed by atoms with van der Waals surface area (Å²) in [5.74, 6) is -0.156. The number of carbonyl (C=O) groups is 2. The third kappa shape index (κ3) is 4.26. The fourth-order valence-corrected chi connectivity index (χ4v) is 2.60. The van der Waals surface area contributed by atoms with E-state index in [0.717, 1.165) is 18.5 Å². The molecule has 0 aromatic heterocycles. The minimum Gasteiger partial charge on any atom is -0.382 e. The van der Waals surface area contributed by atoms with Gasteiger partial charge in [-0.15, -0.1) is 0 Å². The first-order chi connectivity index (χ1) is 9.95. The van der Waals surface area contributed by atoms with Crippen LogP contribution in [-0.2, 0) is 4.79 Å². The van der Waals surface area contributed by atoms with Crippen molar-refractivity contribution in [1.29, 1.82) is 0 Å². The van der Waals surface area contributed by atoms with Crippen LogP contribution in [0.5, 0.6) is 0 Å². The van der Waals surface area contributed by atoms with E-state index >= 15 is 0 Å². The lowest BCUT2D eigenvalue weighted by Gasteiger charge is -2.31. The fourth-order valence-electron chi connectivity index (χ4n) is 2.38. The van der Waals surface area contributed by atoms with E-state index < -0.39 is 0 Å². The summed E-state index contributed by atoms with van der Waals surface area (Å²) in [5, 5.41) is 6.54. The molecule has 0 saturated carbocycles. The van der Waals surface area contributed by atoms with Crippen molar-refractivity contribution in [3.05, 3.63) is 23.2 Å². The van der Waals surface area contributed by atoms with Crippen LogP contribution in [0.2, 0.25) is 5.02 Å². The number of amides is 3. The fraction of sp³-hybridized carbons (Fsp3) is 0.429. The van der Waals surface area contributed by atoms with Crippen molar-refractivity contribution >= 4 is 34.9 Å². The Hall–Kier alpha value is -1.95. The molecule has 1 saturated heterocycles. The molecule has 1 heterocycles. The minimum atomic E-state index is -0.365. The van der Waals surface area contributed by atoms with Crippen LogP contribution >= 0.6 is 11.6 Å². The number of halogens is 1. The highest BCUT2D eigenvalue weighted by atomic mass is 35.5. The summed E-state index contributed by atoms with van der Waals surface area (Å²) in [5.41, 5.74) is 6.75. The van der Waals surface area contributed by atoms with Crippen molar-refractivity contribution in [2.75, 3.05) is 23.7 Å². The average Bonchev–Trinajstić information content (AvgIpc) is 2.42. The molecule has 4 N–H and O–H groups in total. The van der Waals surface area contributed by atoms with Gasteiger partial charge in [-0.3, -0.25) is 4.79 Å². The van der Waals surface area contributed by atoms with E-state index in [4.69, 9.17) is 17.3 Å². The number of carbonyl (C=O) groups excluding carboxylic acids is 2. The Morgan fingerprint density at radius 1 is 1.33 bits per heavy atom. The number of nitrogens with one attached hydrogen (secondary N) is 2. The highest BCUT2D eigenvalue weighted by Gasteiger charge is 2.21. The third-order valence-corrected chi connectivity index (χ3v) is 3.77. The number of nitrogens with zero attached hydrogens (tertiary/aromatic N) is 1. The van der Waals surface area contributed by atoms with Gasteiger partial charge in [0.25, 0.3) is 0 Å². The second-order valence-corrected chi connectivity index (χ2v) is 5.53. The molecule has 0 aliphatic carbocycles. The Kier molecular flexibility index (Phi) is 4.90. The molecule has 114 valence electrons. The molecule has 0 unspecified atom stereocenters. The summed E-state index contributed by atoms with van der Waals surface area (Å²) in [6.45, 7) is 2.75. The van der Waals surface area contributed by atoms with Gasteiger partial charge in [-0.25, -0.2) is 4.79 Å². The summed E-state index contributed by atoms with van der Waals surface area (Å²) in [4.78, 5) is 23.7. The van der Waals surface area contributed by atoms with E-state index in [0.29, 0.717) is 23.8 Å². The molecule has 1 aliphatic rings. The molecule has 2 rings (SSSR count). The molecule has 1 aliphatic heterocycles. The number of rotatable bonds is 3. The molecule has 0 bridgehead atoms. The number of anilines is 2. The Morgan fingerprint density at radius 3 is 2.52 bits per heavy atom. The number of urea groups is 1. The average molecular weight is 311 g/mol. The molecule has 0 spiro atoms. The van der Waals surface area contributed by atoms with E-state index in [-0.39, 0.29) is 18.0 Å². The van der Waals surface area contributed by atoms with Crippen LogP contribution in [-0.4, -0.2) is 36.0 Å². The van der Waals surface area contributed by atoms with Gasteiger partial charge in [-0.05, 0) is 31.0 Å². The van der Waals surface area contributed by atoms with Crippen molar-refractivity contribution in [2.45, 2.75) is 25.8 Å². The highest BCUT2D eigenvalue weighted by molar-refractivity contribution is 6.34. The second-order valence-electron chi connectivity index (χ2n) is 5.12. The smallest absolute Gasteiger partial charge is 0.314 e. The van der Waals surface area contributed by atoms with Gasteiger partial charge in [0, 0.05) is 31.7 Å². The van der Waals surface area contributed by atoms with Gasteiger partial charge in [-0.1, -0.05) is 11.6 Å². The van der Waals surface area contributed by atoms with Crippen LogP contribution in [0.25, 0.3) is 0 Å². The van der Waals surface area contributed by atoms with E-state index in [1.54, 1.807) is 17.0 Å². The van der Waals surface area contributed by atoms with Crippen LogP contribution in [0.15, 0.2) is 18.2 Å². The predicted molar refractivity (Wildman–Crippen MR) is 83.6 cm³/mol. The van der Waals surface area contributed by atoms with E-state index in [1.165, 1.54) is 6.92 Å². The number of benzene rings is 1. The second kappa shape index (κ2) is 6.67. The monoisotopic (exact) mass is 310 g/mol. The standard InChI is InChI=1S/C14H19ClN4O2/c1-9(20)17-13-3-2-11(8-12(13)15)18-10-4-6-19(7-5-10)14(16)21/h2-3,8,10,18H,4-7H2,1H3,(H2,16,21)(H,17,20). The van der Waals surface area contributed by atoms with E-state index in [9.17, 15) is 9.59 Å². The maximum Gasteiger partial charge on any atom is 0.314 e. The number of primary amides is 1. The Bertz CT molecular complexity index is 542. The van der Waals surface area contributed by atoms with Gasteiger partial charge in [0.2, 0.25) is 5.91 Å². The molecular formula is C14H19ClN4O2. The zero-order chi connectivity index (χ0) is 15.4. The zero-order valence-electron chi connectivity index (χ0n) is 11.9. The van der Waals surface area contributed by atoms with Crippen molar-refractivity contribution in [3.8, 4) is 0 Å². The van der Waals surface area contributed by atoms with Crippen molar-refractivity contribution in [1.82, 2.24) is 4.90 Å². The minimum absolute atomic E-state index is 0.156. The van der Waals surface area contributed by atoms with Crippen LogP contribution < -0.4 is 16.4 Å². The van der Waals surface area contributed by atoms with Gasteiger partial charge >= 0.3 is 6.03 Å². The first kappa shape index (κ1) is 15.4. The van der Waals surface area contributed by atoms with Crippen molar-refractivity contribution in [2.24, 2.45) is 5.73 Å². The van der Waals surface area contributed by atoms with Gasteiger partial charge in [0.05, 0.1) is 10.7 Å². The summed E-state index contributed by atoms with van der Waals surface area (Å²) >= 11 is 6.13. The largest absolute Gasteiger partial charge is 0.382 e. The van der Waals surface area contributed by atoms with E-state index in [1.807, 2.05) is 6.07 Å². The van der Waals surface area contributed by atoms with Crippen molar-refractivity contribution in [3.63, 3.8) is 0 Å². The number of nitrogens with two attached hydrogens (primary N) is 1. The van der Waals surface area contributed by atoms with Gasteiger partial charge < -0.3 is 21.3 Å². The summed E-state index contributed by atoms with van der Waals surface area (Å²) in [7, 11) is 0. The number of hydrogen-bond acceptors (Lipinski definition) is 3. The Labute approximate surface area is 128 Å². The maximum atomic E-state index is 11.1. The first-order valence-electron chi connectivity index (χ1n) is 6.84. The lowest BCUT2D eigenvalue weighted by Crippen LogP contribution is -2.44. The summed E-state index contributed by atoms with van der Waals surface area (Å²) in [6.07, 6.45) is 1.68. The number of likely N-dealkylation sites (tertiary alicyclic amines) is 1. The van der Waals surface area contributed by atoms with Crippen LogP contribution in [0.3, 0.4) is 0 Å². The number of piperidine rings is 1. The normalized spacial score (nSPS) is 15.6. The molecule has 1 aromatic rings. The van der Waals surface area contributed by atoms with Gasteiger partial charge in [-0.2, -0.15) is 0 Å². The number of hydrogen-bond donors (Lipinski definition) is 3. The molecule has 1 aromatic carbocycles. The summed E-state index contributed by atoms with van der Waals surface area (Å²) < 4.78 is 0. The molecule has 0 radical (unpaired) electrons. The zero-order valence-corrected chi connectivity index (χ0v) is 12.6. The summed E-state index contributed by atoms with van der Waals surface area (Å²) in [6, 6.07) is 5.34. The maximum absolute atomic E-state index is 11.1. The van der Waals surface area contributed by atoms with Crippen LogP contribution in [0, 0.1) is 0 Å². The van der Waals surface area contributed by atoms with Gasteiger partial charge in [0.15, 0.2) is 0 Å². The third-order valence-electron chi connectivity index (χ3n) is 3.46. The molecule has 3 amide bonds. The highest BCUT2D eigenvalue weighted by Crippen LogP contribution is 2.26. The van der Waals surface area contributed by atoms with Crippen LogP contribution in [0.4, 0.5) is 16.2 Å². The first-order valence-corrected chi connectivity index (χ1v) is 7.21. The van der Waals surface area contributed by atoms with Crippen molar-refractivity contribution < 1.29 is 9.59 Å². The van der Waals surface area contributed by atoms with E-state index in [2.05, 4.69) is 10.6 Å². The molecule has 21 heavy (non-hydrogen) atoms. The quantitative estimate of drug-likeness (QED) is 0.800. The Balaban J connectivity index is 1.93. The lowest BCUT2D eigenvalue weighted by molar-refractivity contribution is -0.114. The molecule has 6 nitrogen and oxygen atoms in total. The Morgan fingerprint density at radius 2 is 2.00 bits per heavy atom. The molecule has 7 heteroatoms.